The molecule has 94 valence electrons. The van der Waals surface area contributed by atoms with Crippen LogP contribution >= 0.6 is 7.14 Å². The maximum absolute atomic E-state index is 11.9. The predicted molar refractivity (Wildman–Crippen MR) is 76.3 cm³/mol. The van der Waals surface area contributed by atoms with Crippen LogP contribution in [0.3, 0.4) is 0 Å². The number of rotatable bonds is 4. The molecule has 0 aliphatic heterocycles. The Bertz CT molecular complexity index is 540. The van der Waals surface area contributed by atoms with Gasteiger partial charge in [-0.15, -0.1) is 0 Å². The summed E-state index contributed by atoms with van der Waals surface area (Å²) >= 11 is 0. The van der Waals surface area contributed by atoms with Crippen molar-refractivity contribution in [1.29, 1.82) is 0 Å². The lowest BCUT2D eigenvalue weighted by Crippen LogP contribution is -2.02. The van der Waals surface area contributed by atoms with Gasteiger partial charge in [0, 0.05) is 5.30 Å². The zero-order chi connectivity index (χ0) is 13.0. The van der Waals surface area contributed by atoms with Crippen LogP contribution < -0.4 is 10.0 Å². The molecule has 2 nitrogen and oxygen atoms in total. The van der Waals surface area contributed by atoms with Gasteiger partial charge in [0.1, 0.15) is 19.5 Å². The quantitative estimate of drug-likeness (QED) is 0.786. The molecule has 18 heavy (non-hydrogen) atoms. The molecule has 0 spiro atoms. The molecule has 0 saturated carbocycles. The maximum atomic E-state index is 11.9. The Kier molecular flexibility index (Phi) is 3.88. The third kappa shape index (κ3) is 3.48. The molecule has 0 atom stereocenters. The van der Waals surface area contributed by atoms with Gasteiger partial charge in [-0.05, 0) is 43.2 Å². The van der Waals surface area contributed by atoms with Crippen molar-refractivity contribution in [1.82, 2.24) is 0 Å². The summed E-state index contributed by atoms with van der Waals surface area (Å²) in [7, 11) is -2.17. The van der Waals surface area contributed by atoms with Gasteiger partial charge in [0.05, 0.1) is 0 Å². The van der Waals surface area contributed by atoms with Crippen molar-refractivity contribution in [2.45, 2.75) is 6.61 Å². The van der Waals surface area contributed by atoms with Gasteiger partial charge >= 0.3 is 0 Å². The maximum Gasteiger partial charge on any atom is 0.119 e. The van der Waals surface area contributed by atoms with E-state index in [1.165, 1.54) is 0 Å². The highest BCUT2D eigenvalue weighted by Gasteiger charge is 2.10. The van der Waals surface area contributed by atoms with E-state index in [1.54, 1.807) is 13.3 Å². The molecule has 0 bridgehead atoms. The molecule has 3 heteroatoms. The van der Waals surface area contributed by atoms with Crippen molar-refractivity contribution in [2.24, 2.45) is 0 Å². The fraction of sp³-hybridized carbons (Fsp3) is 0.200. The van der Waals surface area contributed by atoms with Crippen LogP contribution in [0.2, 0.25) is 0 Å². The average molecular weight is 260 g/mol. The van der Waals surface area contributed by atoms with Crippen molar-refractivity contribution in [3.63, 3.8) is 0 Å². The summed E-state index contributed by atoms with van der Waals surface area (Å²) < 4.78 is 17.5. The van der Waals surface area contributed by atoms with E-state index in [1.807, 2.05) is 54.6 Å². The second-order valence-corrected chi connectivity index (χ2v) is 7.84. The Hall–Kier alpha value is -1.53. The molecule has 0 aliphatic rings. The van der Waals surface area contributed by atoms with Gasteiger partial charge in [0.25, 0.3) is 0 Å². The zero-order valence-electron chi connectivity index (χ0n) is 10.7. The van der Waals surface area contributed by atoms with Crippen molar-refractivity contribution in [3.8, 4) is 5.75 Å². The van der Waals surface area contributed by atoms with Crippen molar-refractivity contribution in [3.05, 3.63) is 60.2 Å². The Morgan fingerprint density at radius 2 is 1.56 bits per heavy atom. The summed E-state index contributed by atoms with van der Waals surface area (Å²) in [5.74, 6) is 0.802. The SMILES string of the molecule is CP(C)(=O)c1ccc(OCc2ccccc2)cc1. The molecule has 0 N–H and O–H groups in total. The first-order valence-electron chi connectivity index (χ1n) is 5.88. The molecule has 2 aromatic carbocycles. The third-order valence-corrected chi connectivity index (χ3v) is 4.25. The molecule has 2 aromatic rings. The molecule has 0 heterocycles. The second kappa shape index (κ2) is 5.41. The first kappa shape index (κ1) is 12.9. The van der Waals surface area contributed by atoms with Crippen LogP contribution in [-0.4, -0.2) is 13.3 Å². The topological polar surface area (TPSA) is 26.3 Å². The van der Waals surface area contributed by atoms with E-state index in [4.69, 9.17) is 4.74 Å². The Morgan fingerprint density at radius 3 is 2.11 bits per heavy atom. The number of hydrogen-bond donors (Lipinski definition) is 0. The lowest BCUT2D eigenvalue weighted by atomic mass is 10.2. The monoisotopic (exact) mass is 260 g/mol. The van der Waals surface area contributed by atoms with E-state index in [-0.39, 0.29) is 0 Å². The van der Waals surface area contributed by atoms with Gasteiger partial charge in [-0.25, -0.2) is 0 Å². The zero-order valence-corrected chi connectivity index (χ0v) is 11.6. The van der Waals surface area contributed by atoms with Gasteiger partial charge in [-0.2, -0.15) is 0 Å². The number of ether oxygens (including phenoxy) is 1. The molecule has 2 rings (SSSR count). The largest absolute Gasteiger partial charge is 0.489 e. The van der Waals surface area contributed by atoms with Crippen LogP contribution in [0.15, 0.2) is 54.6 Å². The number of benzene rings is 2. The molecule has 0 aliphatic carbocycles. The lowest BCUT2D eigenvalue weighted by Gasteiger charge is -2.09. The highest BCUT2D eigenvalue weighted by molar-refractivity contribution is 7.70. The summed E-state index contributed by atoms with van der Waals surface area (Å²) in [6, 6.07) is 17.5. The van der Waals surface area contributed by atoms with Crippen molar-refractivity contribution >= 4 is 12.4 Å². The van der Waals surface area contributed by atoms with E-state index in [2.05, 4.69) is 0 Å². The highest BCUT2D eigenvalue weighted by atomic mass is 31.2. The van der Waals surface area contributed by atoms with E-state index in [9.17, 15) is 4.57 Å². The van der Waals surface area contributed by atoms with E-state index in [0.717, 1.165) is 16.6 Å². The van der Waals surface area contributed by atoms with Crippen LogP contribution in [0.1, 0.15) is 5.56 Å². The Morgan fingerprint density at radius 1 is 0.944 bits per heavy atom. The third-order valence-electron chi connectivity index (χ3n) is 2.71. The average Bonchev–Trinajstić information content (AvgIpc) is 2.37. The molecule has 0 saturated heterocycles. The molecule has 0 fully saturated rings. The summed E-state index contributed by atoms with van der Waals surface area (Å²) in [4.78, 5) is 0. The normalized spacial score (nSPS) is 11.2. The van der Waals surface area contributed by atoms with Gasteiger partial charge in [-0.3, -0.25) is 0 Å². The summed E-state index contributed by atoms with van der Waals surface area (Å²) in [6.45, 7) is 4.09. The molecular formula is C15H17O2P. The highest BCUT2D eigenvalue weighted by Crippen LogP contribution is 2.34. The standard InChI is InChI=1S/C15H17O2P/c1-18(2,16)15-10-8-14(9-11-15)17-12-13-6-4-3-5-7-13/h3-11H,12H2,1-2H3. The first-order chi connectivity index (χ1) is 8.55. The van der Waals surface area contributed by atoms with Gasteiger partial charge in [-0.1, -0.05) is 30.3 Å². The molecule has 0 unspecified atom stereocenters. The van der Waals surface area contributed by atoms with Gasteiger partial charge in [0.15, 0.2) is 0 Å². The van der Waals surface area contributed by atoms with Crippen molar-refractivity contribution < 1.29 is 9.30 Å². The van der Waals surface area contributed by atoms with Crippen LogP contribution in [-0.2, 0) is 11.2 Å². The molecule has 0 aromatic heterocycles. The van der Waals surface area contributed by atoms with E-state index >= 15 is 0 Å². The predicted octanol–water partition coefficient (Wildman–Crippen LogP) is 3.51. The number of hydrogen-bond acceptors (Lipinski definition) is 2. The summed E-state index contributed by atoms with van der Waals surface area (Å²) in [5, 5.41) is 0.884. The first-order valence-corrected chi connectivity index (χ1v) is 8.48. The van der Waals surface area contributed by atoms with Crippen LogP contribution in [0.4, 0.5) is 0 Å². The smallest absolute Gasteiger partial charge is 0.119 e. The minimum atomic E-state index is -2.17. The fourth-order valence-electron chi connectivity index (χ4n) is 1.64. The lowest BCUT2D eigenvalue weighted by molar-refractivity contribution is 0.306. The van der Waals surface area contributed by atoms with Crippen LogP contribution in [0, 0.1) is 0 Å². The van der Waals surface area contributed by atoms with Crippen molar-refractivity contribution in [2.75, 3.05) is 13.3 Å². The van der Waals surface area contributed by atoms with Crippen LogP contribution in [0.5, 0.6) is 5.75 Å². The fourth-order valence-corrected chi connectivity index (χ4v) is 2.51. The second-order valence-electron chi connectivity index (χ2n) is 4.62. The van der Waals surface area contributed by atoms with E-state index in [0.29, 0.717) is 6.61 Å². The Balaban J connectivity index is 2.01. The Labute approximate surface area is 108 Å². The van der Waals surface area contributed by atoms with Gasteiger partial charge < -0.3 is 9.30 Å². The molecular weight excluding hydrogens is 243 g/mol. The van der Waals surface area contributed by atoms with E-state index < -0.39 is 7.14 Å². The molecule has 0 radical (unpaired) electrons. The minimum absolute atomic E-state index is 0.552. The summed E-state index contributed by atoms with van der Waals surface area (Å²) in [5.41, 5.74) is 1.14. The van der Waals surface area contributed by atoms with Crippen LogP contribution in [0.25, 0.3) is 0 Å². The van der Waals surface area contributed by atoms with Gasteiger partial charge in [0.2, 0.25) is 0 Å². The minimum Gasteiger partial charge on any atom is -0.489 e. The summed E-state index contributed by atoms with van der Waals surface area (Å²) in [6.07, 6.45) is 0. The molecule has 0 amide bonds.